The molecule has 10 heavy (non-hydrogen) atoms. The summed E-state index contributed by atoms with van der Waals surface area (Å²) in [5.41, 5.74) is -1.73. The van der Waals surface area contributed by atoms with Crippen LogP contribution in [0.1, 0.15) is 6.92 Å². The molecule has 0 rings (SSSR count). The van der Waals surface area contributed by atoms with Gasteiger partial charge in [-0.15, -0.1) is 0 Å². The Morgan fingerprint density at radius 1 is 1.60 bits per heavy atom. The van der Waals surface area contributed by atoms with Gasteiger partial charge in [0.2, 0.25) is 0 Å². The molecule has 0 spiro atoms. The summed E-state index contributed by atoms with van der Waals surface area (Å²) in [7, 11) is 0. The third-order valence-electron chi connectivity index (χ3n) is 0.761. The summed E-state index contributed by atoms with van der Waals surface area (Å²) < 4.78 is 34.4. The molecule has 0 aromatic heterocycles. The molecule has 0 N–H and O–H groups in total. The zero-order chi connectivity index (χ0) is 8.36. The molecule has 0 aliphatic heterocycles. The second-order valence-electron chi connectivity index (χ2n) is 1.43. The third-order valence-corrected chi connectivity index (χ3v) is 0.761. The van der Waals surface area contributed by atoms with Crippen LogP contribution in [-0.2, 0) is 0 Å². The smallest absolute Gasteiger partial charge is 0.258 e. The van der Waals surface area contributed by atoms with Crippen molar-refractivity contribution in [3.63, 3.8) is 0 Å². The van der Waals surface area contributed by atoms with E-state index in [1.165, 1.54) is 0 Å². The van der Waals surface area contributed by atoms with Crippen LogP contribution >= 0.6 is 0 Å². The summed E-state index contributed by atoms with van der Waals surface area (Å²) in [5, 5.41) is 9.59. The highest BCUT2D eigenvalue weighted by atomic mass is 19.4. The summed E-state index contributed by atoms with van der Waals surface area (Å²) in [5.74, 6) is 0. The molecule has 6 heteroatoms. The zero-order valence-electron chi connectivity index (χ0n) is 4.97. The maximum atomic E-state index is 11.5. The Hall–Kier alpha value is -1.07. The lowest BCUT2D eigenvalue weighted by Crippen LogP contribution is -2.18. The van der Waals surface area contributed by atoms with E-state index in [-0.39, 0.29) is 0 Å². The molecule has 0 heterocycles. The highest BCUT2D eigenvalue weighted by molar-refractivity contribution is 4.96. The quantitative estimate of drug-likeness (QED) is 0.427. The van der Waals surface area contributed by atoms with Crippen LogP contribution in [0, 0.1) is 10.1 Å². The van der Waals surface area contributed by atoms with E-state index in [1.54, 1.807) is 0 Å². The van der Waals surface area contributed by atoms with E-state index in [1.807, 2.05) is 0 Å². The predicted octanol–water partition coefficient (Wildman–Crippen LogP) is 1.73. The van der Waals surface area contributed by atoms with Gasteiger partial charge in [0.25, 0.3) is 0 Å². The molecule has 58 valence electrons. The number of allylic oxidation sites excluding steroid dienone is 2. The monoisotopic (exact) mass is 155 g/mol. The Bertz CT molecular complexity index is 172. The van der Waals surface area contributed by atoms with Crippen LogP contribution in [0.3, 0.4) is 0 Å². The lowest BCUT2D eigenvalue weighted by atomic mass is 10.4. The van der Waals surface area contributed by atoms with E-state index in [0.29, 0.717) is 6.08 Å². The van der Waals surface area contributed by atoms with Crippen molar-refractivity contribution < 1.29 is 18.1 Å². The van der Waals surface area contributed by atoms with Crippen LogP contribution in [0.2, 0.25) is 0 Å². The molecule has 0 amide bonds. The first kappa shape index (κ1) is 8.93. The van der Waals surface area contributed by atoms with Crippen LogP contribution in [0.5, 0.6) is 0 Å². The van der Waals surface area contributed by atoms with Gasteiger partial charge in [0, 0.05) is 0 Å². The molecule has 0 aliphatic rings. The van der Waals surface area contributed by atoms with E-state index >= 15 is 0 Å². The van der Waals surface area contributed by atoms with Crippen LogP contribution in [0.25, 0.3) is 0 Å². The summed E-state index contributed by atoms with van der Waals surface area (Å²) in [4.78, 5) is 8.14. The Morgan fingerprint density at radius 3 is 2.00 bits per heavy atom. The molecule has 0 atom stereocenters. The van der Waals surface area contributed by atoms with Gasteiger partial charge < -0.3 is 0 Å². The number of hydrogen-bond acceptors (Lipinski definition) is 2. The molecule has 3 nitrogen and oxygen atoms in total. The van der Waals surface area contributed by atoms with E-state index in [4.69, 9.17) is 0 Å². The van der Waals surface area contributed by atoms with E-state index in [9.17, 15) is 23.3 Å². The highest BCUT2D eigenvalue weighted by Crippen LogP contribution is 2.25. The van der Waals surface area contributed by atoms with Crippen molar-refractivity contribution in [2.45, 2.75) is 13.1 Å². The van der Waals surface area contributed by atoms with Crippen molar-refractivity contribution in [1.82, 2.24) is 0 Å². The normalized spacial score (nSPS) is 13.4. The minimum absolute atomic E-state index is 0.417. The Balaban J connectivity index is 4.56. The van der Waals surface area contributed by atoms with Crippen molar-refractivity contribution in [1.29, 1.82) is 0 Å². The zero-order valence-corrected chi connectivity index (χ0v) is 4.97. The Labute approximate surface area is 54.3 Å². The summed E-state index contributed by atoms with van der Waals surface area (Å²) in [6, 6.07) is 0. The Kier molecular flexibility index (Phi) is 2.39. The summed E-state index contributed by atoms with van der Waals surface area (Å²) >= 11 is 0. The van der Waals surface area contributed by atoms with Crippen LogP contribution < -0.4 is 0 Å². The van der Waals surface area contributed by atoms with Crippen molar-refractivity contribution in [3.05, 3.63) is 21.9 Å². The van der Waals surface area contributed by atoms with Crippen molar-refractivity contribution in [2.24, 2.45) is 0 Å². The van der Waals surface area contributed by atoms with Gasteiger partial charge in [-0.05, 0) is 13.0 Å². The molecule has 0 saturated heterocycles. The fraction of sp³-hybridized carbons (Fsp3) is 0.500. The average Bonchev–Trinajstić information content (AvgIpc) is 1.60. The topological polar surface area (TPSA) is 43.1 Å². The van der Waals surface area contributed by atoms with Gasteiger partial charge in [-0.1, -0.05) is 0 Å². The average molecular weight is 155 g/mol. The van der Waals surface area contributed by atoms with Gasteiger partial charge in [-0.25, -0.2) is 0 Å². The number of rotatable bonds is 1. The van der Waals surface area contributed by atoms with Gasteiger partial charge in [-0.2, -0.15) is 13.2 Å². The van der Waals surface area contributed by atoms with Gasteiger partial charge in [0.1, 0.15) is 0 Å². The third kappa shape index (κ3) is 2.04. The molecule has 0 radical (unpaired) electrons. The van der Waals surface area contributed by atoms with Gasteiger partial charge >= 0.3 is 11.9 Å². The standard InChI is InChI=1S/C4H4F3NO2/c1-2-3(8(9)10)4(5,6)7/h2H,1H3. The number of hydrogen-bond donors (Lipinski definition) is 0. The SMILES string of the molecule is CC=C([N+](=O)[O-])C(F)(F)F. The maximum Gasteiger partial charge on any atom is 0.483 e. The van der Waals surface area contributed by atoms with Crippen molar-refractivity contribution >= 4 is 0 Å². The minimum atomic E-state index is -4.85. The maximum absolute atomic E-state index is 11.5. The summed E-state index contributed by atoms with van der Waals surface area (Å²) in [6.45, 7) is 0.964. The van der Waals surface area contributed by atoms with Crippen LogP contribution in [-0.4, -0.2) is 11.1 Å². The van der Waals surface area contributed by atoms with Gasteiger partial charge in [0.05, 0.1) is 4.92 Å². The summed E-state index contributed by atoms with van der Waals surface area (Å²) in [6.07, 6.45) is -4.43. The van der Waals surface area contributed by atoms with E-state index in [2.05, 4.69) is 0 Å². The first-order chi connectivity index (χ1) is 4.39. The second-order valence-corrected chi connectivity index (χ2v) is 1.43. The molecular formula is C4H4F3NO2. The lowest BCUT2D eigenvalue weighted by Gasteiger charge is -2.00. The molecule has 0 bridgehead atoms. The minimum Gasteiger partial charge on any atom is -0.258 e. The molecule has 0 aromatic carbocycles. The fourth-order valence-electron chi connectivity index (χ4n) is 0.373. The molecule has 0 unspecified atom stereocenters. The first-order valence-electron chi connectivity index (χ1n) is 2.27. The largest absolute Gasteiger partial charge is 0.483 e. The highest BCUT2D eigenvalue weighted by Gasteiger charge is 2.43. The first-order valence-corrected chi connectivity index (χ1v) is 2.27. The molecular weight excluding hydrogens is 151 g/mol. The number of alkyl halides is 3. The van der Waals surface area contributed by atoms with Crippen LogP contribution in [0.4, 0.5) is 13.2 Å². The van der Waals surface area contributed by atoms with Crippen molar-refractivity contribution in [3.8, 4) is 0 Å². The van der Waals surface area contributed by atoms with Gasteiger partial charge in [-0.3, -0.25) is 10.1 Å². The molecule has 0 aromatic rings. The van der Waals surface area contributed by atoms with E-state index in [0.717, 1.165) is 6.92 Å². The van der Waals surface area contributed by atoms with Gasteiger partial charge in [0.15, 0.2) is 0 Å². The molecule has 0 aliphatic carbocycles. The van der Waals surface area contributed by atoms with E-state index < -0.39 is 16.8 Å². The number of nitro groups is 1. The Morgan fingerprint density at radius 2 is 2.00 bits per heavy atom. The fourth-order valence-corrected chi connectivity index (χ4v) is 0.373. The lowest BCUT2D eigenvalue weighted by molar-refractivity contribution is -0.459. The number of nitrogens with zero attached hydrogens (tertiary/aromatic N) is 1. The van der Waals surface area contributed by atoms with Crippen LogP contribution in [0.15, 0.2) is 11.8 Å². The predicted molar refractivity (Wildman–Crippen MR) is 26.8 cm³/mol. The molecule has 0 saturated carbocycles. The van der Waals surface area contributed by atoms with Crippen molar-refractivity contribution in [2.75, 3.05) is 0 Å². The number of halogens is 3. The molecule has 0 fully saturated rings. The second kappa shape index (κ2) is 2.68.